The summed E-state index contributed by atoms with van der Waals surface area (Å²) in [7, 11) is 4.13. The van der Waals surface area contributed by atoms with E-state index in [1.54, 1.807) is 23.7 Å². The Morgan fingerprint density at radius 1 is 0.975 bits per heavy atom. The maximum atomic E-state index is 12.2. The Morgan fingerprint density at radius 2 is 1.80 bits per heavy atom. The van der Waals surface area contributed by atoms with Crippen molar-refractivity contribution in [2.75, 3.05) is 49.7 Å². The molecule has 0 saturated heterocycles. The molecule has 40 heavy (non-hydrogen) atoms. The van der Waals surface area contributed by atoms with E-state index < -0.39 is 0 Å². The lowest BCUT2D eigenvalue weighted by Gasteiger charge is -2.10. The second-order valence-corrected chi connectivity index (χ2v) is 11.4. The molecule has 2 amide bonds. The van der Waals surface area contributed by atoms with Crippen molar-refractivity contribution in [1.29, 1.82) is 0 Å². The number of urea groups is 1. The number of aromatic nitrogens is 3. The van der Waals surface area contributed by atoms with Crippen LogP contribution in [0.25, 0.3) is 20.9 Å². The van der Waals surface area contributed by atoms with E-state index in [-0.39, 0.29) is 6.03 Å². The second kappa shape index (κ2) is 13.3. The van der Waals surface area contributed by atoms with E-state index in [4.69, 9.17) is 9.72 Å². The van der Waals surface area contributed by atoms with Gasteiger partial charge >= 0.3 is 6.03 Å². The van der Waals surface area contributed by atoms with Crippen LogP contribution >= 0.6 is 22.7 Å². The van der Waals surface area contributed by atoms with Gasteiger partial charge in [-0.25, -0.2) is 19.7 Å². The van der Waals surface area contributed by atoms with Crippen LogP contribution in [0, 0.1) is 0 Å². The molecule has 0 aliphatic heterocycles. The molecule has 0 unspecified atom stereocenters. The summed E-state index contributed by atoms with van der Waals surface area (Å²) in [6.07, 6.45) is 5.35. The predicted octanol–water partition coefficient (Wildman–Crippen LogP) is 6.44. The molecule has 3 N–H and O–H groups in total. The van der Waals surface area contributed by atoms with Gasteiger partial charge in [0.05, 0.1) is 12.3 Å². The SMILES string of the molecule is CN(C)CCCOc1ccc(-c2nc3c(NCCc4cnc(NC(=O)Nc5ccccc5)s4)ccnc3s2)cc1. The van der Waals surface area contributed by atoms with Crippen LogP contribution in [0.4, 0.5) is 21.3 Å². The Morgan fingerprint density at radius 3 is 2.60 bits per heavy atom. The minimum absolute atomic E-state index is 0.314. The normalized spacial score (nSPS) is 11.1. The highest BCUT2D eigenvalue weighted by atomic mass is 32.1. The molecule has 0 atom stereocenters. The van der Waals surface area contributed by atoms with Crippen LogP contribution in [0.1, 0.15) is 11.3 Å². The molecular formula is C29H31N7O2S2. The van der Waals surface area contributed by atoms with Crippen molar-refractivity contribution in [2.24, 2.45) is 0 Å². The first-order chi connectivity index (χ1) is 19.5. The Labute approximate surface area is 241 Å². The summed E-state index contributed by atoms with van der Waals surface area (Å²) < 4.78 is 5.86. The largest absolute Gasteiger partial charge is 0.494 e. The van der Waals surface area contributed by atoms with Gasteiger partial charge in [-0.3, -0.25) is 5.32 Å². The first-order valence-corrected chi connectivity index (χ1v) is 14.6. The van der Waals surface area contributed by atoms with E-state index in [1.165, 1.54) is 11.3 Å². The molecule has 11 heteroatoms. The van der Waals surface area contributed by atoms with Crippen molar-refractivity contribution >= 4 is 55.6 Å². The Kier molecular flexibility index (Phi) is 9.17. The Bertz CT molecular complexity index is 1540. The number of carbonyl (C=O) groups is 1. The highest BCUT2D eigenvalue weighted by molar-refractivity contribution is 7.21. The predicted molar refractivity (Wildman–Crippen MR) is 165 cm³/mol. The number of rotatable bonds is 12. The molecule has 0 radical (unpaired) electrons. The van der Waals surface area contributed by atoms with Crippen LogP contribution in [0.5, 0.6) is 5.75 Å². The molecule has 9 nitrogen and oxygen atoms in total. The van der Waals surface area contributed by atoms with E-state index in [9.17, 15) is 4.79 Å². The molecule has 0 fully saturated rings. The molecule has 3 aromatic heterocycles. The number of fused-ring (bicyclic) bond motifs is 1. The first kappa shape index (κ1) is 27.5. The van der Waals surface area contributed by atoms with Crippen LogP contribution in [0.15, 0.2) is 73.1 Å². The molecule has 206 valence electrons. The number of hydrogen-bond acceptors (Lipinski definition) is 9. The molecule has 0 bridgehead atoms. The minimum Gasteiger partial charge on any atom is -0.494 e. The molecule has 0 spiro atoms. The summed E-state index contributed by atoms with van der Waals surface area (Å²) in [5.41, 5.74) is 3.57. The van der Waals surface area contributed by atoms with Gasteiger partial charge in [0.15, 0.2) is 5.13 Å². The van der Waals surface area contributed by atoms with Gasteiger partial charge in [0.1, 0.15) is 21.1 Å². The molecule has 3 heterocycles. The average Bonchev–Trinajstić information content (AvgIpc) is 3.59. The monoisotopic (exact) mass is 573 g/mol. The lowest BCUT2D eigenvalue weighted by atomic mass is 10.2. The second-order valence-electron chi connectivity index (χ2n) is 9.31. The summed E-state index contributed by atoms with van der Waals surface area (Å²) in [6.45, 7) is 2.40. The number of benzene rings is 2. The number of hydrogen-bond donors (Lipinski definition) is 3. The quantitative estimate of drug-likeness (QED) is 0.148. The van der Waals surface area contributed by atoms with Crippen molar-refractivity contribution in [3.05, 3.63) is 77.9 Å². The van der Waals surface area contributed by atoms with Crippen molar-refractivity contribution < 1.29 is 9.53 Å². The van der Waals surface area contributed by atoms with Crippen molar-refractivity contribution in [2.45, 2.75) is 12.8 Å². The van der Waals surface area contributed by atoms with Crippen molar-refractivity contribution in [3.8, 4) is 16.3 Å². The topological polar surface area (TPSA) is 104 Å². The molecule has 5 aromatic rings. The number of nitrogens with zero attached hydrogens (tertiary/aromatic N) is 4. The fourth-order valence-corrected chi connectivity index (χ4v) is 5.69. The fraction of sp³-hybridized carbons (Fsp3) is 0.241. The van der Waals surface area contributed by atoms with Gasteiger partial charge in [-0.15, -0.1) is 11.3 Å². The van der Waals surface area contributed by atoms with Gasteiger partial charge in [0.2, 0.25) is 0 Å². The highest BCUT2D eigenvalue weighted by Gasteiger charge is 2.12. The van der Waals surface area contributed by atoms with E-state index in [0.717, 1.165) is 62.3 Å². The van der Waals surface area contributed by atoms with Gasteiger partial charge in [-0.1, -0.05) is 29.5 Å². The lowest BCUT2D eigenvalue weighted by molar-refractivity contribution is 0.262. The van der Waals surface area contributed by atoms with Gasteiger partial charge in [-0.2, -0.15) is 0 Å². The zero-order valence-electron chi connectivity index (χ0n) is 22.4. The molecule has 5 rings (SSSR count). The van der Waals surface area contributed by atoms with E-state index in [0.29, 0.717) is 18.3 Å². The zero-order valence-corrected chi connectivity index (χ0v) is 24.0. The van der Waals surface area contributed by atoms with Crippen molar-refractivity contribution in [3.63, 3.8) is 0 Å². The van der Waals surface area contributed by atoms with Crippen LogP contribution < -0.4 is 20.7 Å². The summed E-state index contributed by atoms with van der Waals surface area (Å²) in [4.78, 5) is 30.1. The molecule has 2 aromatic carbocycles. The third-order valence-corrected chi connectivity index (χ3v) is 7.89. The van der Waals surface area contributed by atoms with Gasteiger partial charge in [0, 0.05) is 48.0 Å². The highest BCUT2D eigenvalue weighted by Crippen LogP contribution is 2.33. The number of amides is 2. The van der Waals surface area contributed by atoms with Gasteiger partial charge in [0.25, 0.3) is 0 Å². The molecule has 0 aliphatic rings. The molecule has 0 saturated carbocycles. The van der Waals surface area contributed by atoms with Crippen LogP contribution in [-0.4, -0.2) is 59.7 Å². The number of thiazole rings is 2. The van der Waals surface area contributed by atoms with Crippen molar-refractivity contribution in [1.82, 2.24) is 19.9 Å². The maximum absolute atomic E-state index is 12.2. The maximum Gasteiger partial charge on any atom is 0.325 e. The zero-order chi connectivity index (χ0) is 27.7. The van der Waals surface area contributed by atoms with E-state index in [2.05, 4.69) is 44.9 Å². The standard InChI is InChI=1S/C29H31N7O2S2/c1-36(2)17-6-18-38-22-11-9-20(10-12-22)26-34-25-24(14-16-31-27(25)40-26)30-15-13-23-19-32-29(39-23)35-28(37)33-21-7-4-3-5-8-21/h3-5,7-12,14,16,19H,6,13,15,17-18H2,1-2H3,(H,30,31)(H2,32,33,35,37). The molecular weight excluding hydrogens is 543 g/mol. The first-order valence-electron chi connectivity index (χ1n) is 13.0. The number of anilines is 3. The third kappa shape index (κ3) is 7.53. The Balaban J connectivity index is 1.14. The number of pyridine rings is 1. The van der Waals surface area contributed by atoms with Gasteiger partial charge in [-0.05, 0) is 63.0 Å². The van der Waals surface area contributed by atoms with E-state index in [1.807, 2.05) is 60.7 Å². The summed E-state index contributed by atoms with van der Waals surface area (Å²) in [6, 6.07) is 19.0. The van der Waals surface area contributed by atoms with E-state index >= 15 is 0 Å². The third-order valence-electron chi connectivity index (χ3n) is 5.91. The number of carbonyl (C=O) groups excluding carboxylic acids is 1. The Hall–Kier alpha value is -4.06. The smallest absolute Gasteiger partial charge is 0.325 e. The van der Waals surface area contributed by atoms with Crippen LogP contribution in [0.2, 0.25) is 0 Å². The molecule has 0 aliphatic carbocycles. The summed E-state index contributed by atoms with van der Waals surface area (Å²) >= 11 is 3.03. The number of para-hydroxylation sites is 1. The van der Waals surface area contributed by atoms with Crippen LogP contribution in [-0.2, 0) is 6.42 Å². The summed E-state index contributed by atoms with van der Waals surface area (Å²) in [5, 5.41) is 10.6. The average molecular weight is 574 g/mol. The number of nitrogens with one attached hydrogen (secondary N) is 3. The van der Waals surface area contributed by atoms with Crippen LogP contribution in [0.3, 0.4) is 0 Å². The summed E-state index contributed by atoms with van der Waals surface area (Å²) in [5.74, 6) is 0.863. The lowest BCUT2D eigenvalue weighted by Crippen LogP contribution is -2.19. The minimum atomic E-state index is -0.314. The van der Waals surface area contributed by atoms with Gasteiger partial charge < -0.3 is 20.3 Å². The number of ether oxygens (including phenoxy) is 1. The fourth-order valence-electron chi connectivity index (χ4n) is 3.95.